The SMILES string of the molecule is CC/C=C/C=C/C=C/C=C/C=C/CCCCCC(=O)OCC(COP(=O)(O)O)OC(=O)CCCCCCC/C=C/C=C/C=C/CC. The Morgan fingerprint density at radius 2 is 0.978 bits per heavy atom. The summed E-state index contributed by atoms with van der Waals surface area (Å²) in [6, 6.07) is 0. The molecule has 0 rings (SSSR count). The zero-order valence-corrected chi connectivity index (χ0v) is 28.8. The summed E-state index contributed by atoms with van der Waals surface area (Å²) in [5.41, 5.74) is 0. The van der Waals surface area contributed by atoms with Crippen molar-refractivity contribution in [1.82, 2.24) is 0 Å². The van der Waals surface area contributed by atoms with Gasteiger partial charge >= 0.3 is 19.8 Å². The molecule has 0 saturated heterocycles. The molecule has 0 amide bonds. The summed E-state index contributed by atoms with van der Waals surface area (Å²) in [5, 5.41) is 0. The predicted molar refractivity (Wildman–Crippen MR) is 188 cm³/mol. The summed E-state index contributed by atoms with van der Waals surface area (Å²) < 4.78 is 26.2. The zero-order chi connectivity index (χ0) is 34.0. The molecule has 0 heterocycles. The van der Waals surface area contributed by atoms with Gasteiger partial charge in [-0.1, -0.05) is 137 Å². The van der Waals surface area contributed by atoms with E-state index in [9.17, 15) is 14.2 Å². The smallest absolute Gasteiger partial charge is 0.462 e. The summed E-state index contributed by atoms with van der Waals surface area (Å²) in [5.74, 6) is -0.973. The minimum Gasteiger partial charge on any atom is -0.462 e. The van der Waals surface area contributed by atoms with Crippen LogP contribution in [-0.2, 0) is 28.2 Å². The second-order valence-corrected chi connectivity index (χ2v) is 11.8. The number of ether oxygens (including phenoxy) is 2. The van der Waals surface area contributed by atoms with Gasteiger partial charge in [0.1, 0.15) is 6.61 Å². The van der Waals surface area contributed by atoms with Gasteiger partial charge in [0.15, 0.2) is 6.10 Å². The minimum absolute atomic E-state index is 0.172. The van der Waals surface area contributed by atoms with Crippen molar-refractivity contribution in [3.8, 4) is 0 Å². The number of allylic oxidation sites excluding steroid dienone is 16. The normalized spacial score (nSPS) is 13.7. The van der Waals surface area contributed by atoms with Gasteiger partial charge in [-0.3, -0.25) is 14.1 Å². The first-order valence-electron chi connectivity index (χ1n) is 16.6. The van der Waals surface area contributed by atoms with Crippen LogP contribution in [0.5, 0.6) is 0 Å². The van der Waals surface area contributed by atoms with Crippen LogP contribution < -0.4 is 0 Å². The van der Waals surface area contributed by atoms with Crippen LogP contribution in [0.4, 0.5) is 0 Å². The van der Waals surface area contributed by atoms with E-state index in [2.05, 4.69) is 42.7 Å². The van der Waals surface area contributed by atoms with Crippen LogP contribution in [0.25, 0.3) is 0 Å². The largest absolute Gasteiger partial charge is 0.469 e. The second kappa shape index (κ2) is 31.9. The number of phosphoric ester groups is 1. The highest BCUT2D eigenvalue weighted by molar-refractivity contribution is 7.46. The molecule has 0 aliphatic carbocycles. The molecule has 8 nitrogen and oxygen atoms in total. The van der Waals surface area contributed by atoms with Crippen molar-refractivity contribution < 1.29 is 37.9 Å². The highest BCUT2D eigenvalue weighted by Gasteiger charge is 2.22. The Hall–Kier alpha value is -3.03. The quantitative estimate of drug-likeness (QED) is 0.0369. The van der Waals surface area contributed by atoms with E-state index >= 15 is 0 Å². The molecule has 0 aromatic heterocycles. The van der Waals surface area contributed by atoms with Crippen LogP contribution >= 0.6 is 7.82 Å². The molecule has 0 bridgehead atoms. The lowest BCUT2D eigenvalue weighted by Gasteiger charge is -2.18. The van der Waals surface area contributed by atoms with Crippen LogP contribution in [-0.4, -0.2) is 41.0 Å². The first-order valence-corrected chi connectivity index (χ1v) is 18.2. The van der Waals surface area contributed by atoms with Crippen molar-refractivity contribution in [2.45, 2.75) is 110 Å². The standard InChI is InChI=1S/C37H57O8P/c1-3-5-7-9-11-13-15-17-18-20-21-23-25-27-29-31-36(38)43-33-35(34-44-46(40,41)42)45-37(39)32-30-28-26-24-22-19-16-14-12-10-8-6-4-2/h5-18,20-21,35H,3-4,19,22-34H2,1-2H3,(H2,40,41,42)/b7-5+,8-6+,11-9+,12-10+,15-13+,16-14+,18-17+,21-20+. The predicted octanol–water partition coefficient (Wildman–Crippen LogP) is 9.50. The lowest BCUT2D eigenvalue weighted by molar-refractivity contribution is -0.161. The monoisotopic (exact) mass is 660 g/mol. The van der Waals surface area contributed by atoms with E-state index in [4.69, 9.17) is 19.3 Å². The molecule has 0 aromatic carbocycles. The Labute approximate surface area is 277 Å². The number of hydrogen-bond donors (Lipinski definition) is 2. The maximum Gasteiger partial charge on any atom is 0.469 e. The minimum atomic E-state index is -4.77. The highest BCUT2D eigenvalue weighted by Crippen LogP contribution is 2.35. The molecule has 0 aliphatic heterocycles. The Morgan fingerprint density at radius 3 is 1.48 bits per heavy atom. The molecule has 1 atom stereocenters. The van der Waals surface area contributed by atoms with Crippen molar-refractivity contribution >= 4 is 19.8 Å². The Kier molecular flexibility index (Phi) is 29.8. The third-order valence-electron chi connectivity index (χ3n) is 6.29. The Morgan fingerprint density at radius 1 is 0.565 bits per heavy atom. The molecule has 258 valence electrons. The van der Waals surface area contributed by atoms with E-state index in [0.29, 0.717) is 12.8 Å². The van der Waals surface area contributed by atoms with Crippen molar-refractivity contribution in [3.05, 3.63) is 97.2 Å². The highest BCUT2D eigenvalue weighted by atomic mass is 31.2. The molecule has 0 aromatic rings. The average Bonchev–Trinajstić information content (AvgIpc) is 3.02. The first-order chi connectivity index (χ1) is 22.3. The van der Waals surface area contributed by atoms with Crippen molar-refractivity contribution in [3.63, 3.8) is 0 Å². The molecule has 0 spiro atoms. The molecular formula is C37H57O8P. The number of carbonyl (C=O) groups is 2. The van der Waals surface area contributed by atoms with Gasteiger partial charge in [0.2, 0.25) is 0 Å². The van der Waals surface area contributed by atoms with E-state index in [0.717, 1.165) is 64.2 Å². The summed E-state index contributed by atoms with van der Waals surface area (Å²) in [7, 11) is -4.77. The third kappa shape index (κ3) is 33.9. The van der Waals surface area contributed by atoms with Gasteiger partial charge in [-0.15, -0.1) is 0 Å². The second-order valence-electron chi connectivity index (χ2n) is 10.6. The van der Waals surface area contributed by atoms with Gasteiger partial charge in [-0.2, -0.15) is 0 Å². The molecule has 0 radical (unpaired) electrons. The molecule has 1 unspecified atom stereocenters. The van der Waals surface area contributed by atoms with Crippen LogP contribution in [0.1, 0.15) is 104 Å². The number of hydrogen-bond acceptors (Lipinski definition) is 6. The molecule has 0 fully saturated rings. The Balaban J connectivity index is 4.18. The van der Waals surface area contributed by atoms with E-state index in [1.165, 1.54) is 0 Å². The number of esters is 2. The van der Waals surface area contributed by atoms with Gasteiger partial charge in [-0.05, 0) is 51.4 Å². The van der Waals surface area contributed by atoms with E-state index in [1.807, 2.05) is 72.9 Å². The summed E-state index contributed by atoms with van der Waals surface area (Å²) in [4.78, 5) is 42.5. The summed E-state index contributed by atoms with van der Waals surface area (Å²) in [6.07, 6.45) is 42.7. The van der Waals surface area contributed by atoms with E-state index < -0.39 is 32.5 Å². The van der Waals surface area contributed by atoms with Crippen LogP contribution in [0.15, 0.2) is 97.2 Å². The number of carbonyl (C=O) groups excluding carboxylic acids is 2. The molecule has 2 N–H and O–H groups in total. The zero-order valence-electron chi connectivity index (χ0n) is 27.9. The van der Waals surface area contributed by atoms with Crippen LogP contribution in [0.3, 0.4) is 0 Å². The molecular weight excluding hydrogens is 603 g/mol. The fraction of sp³-hybridized carbons (Fsp3) is 0.514. The van der Waals surface area contributed by atoms with Gasteiger partial charge in [0.25, 0.3) is 0 Å². The van der Waals surface area contributed by atoms with Gasteiger partial charge in [0.05, 0.1) is 6.61 Å². The molecule has 0 saturated carbocycles. The van der Waals surface area contributed by atoms with Gasteiger partial charge in [0, 0.05) is 12.8 Å². The summed E-state index contributed by atoms with van der Waals surface area (Å²) >= 11 is 0. The van der Waals surface area contributed by atoms with E-state index in [-0.39, 0.29) is 19.4 Å². The molecule has 46 heavy (non-hydrogen) atoms. The average molecular weight is 661 g/mol. The maximum absolute atomic E-state index is 12.3. The van der Waals surface area contributed by atoms with Crippen molar-refractivity contribution in [1.29, 1.82) is 0 Å². The molecule has 0 aliphatic rings. The number of rotatable bonds is 28. The Bertz CT molecular complexity index is 1060. The summed E-state index contributed by atoms with van der Waals surface area (Å²) in [6.45, 7) is 3.31. The number of phosphoric acid groups is 1. The van der Waals surface area contributed by atoms with Gasteiger partial charge in [-0.25, -0.2) is 4.57 Å². The first kappa shape index (κ1) is 43.0. The van der Waals surface area contributed by atoms with Gasteiger partial charge < -0.3 is 19.3 Å². The third-order valence-corrected chi connectivity index (χ3v) is 6.77. The van der Waals surface area contributed by atoms with Crippen molar-refractivity contribution in [2.75, 3.05) is 13.2 Å². The lowest BCUT2D eigenvalue weighted by Crippen LogP contribution is -2.29. The lowest BCUT2D eigenvalue weighted by atomic mass is 10.1. The van der Waals surface area contributed by atoms with Crippen LogP contribution in [0.2, 0.25) is 0 Å². The topological polar surface area (TPSA) is 119 Å². The van der Waals surface area contributed by atoms with Crippen LogP contribution in [0, 0.1) is 0 Å². The number of unbranched alkanes of at least 4 members (excludes halogenated alkanes) is 8. The fourth-order valence-electron chi connectivity index (χ4n) is 3.86. The molecule has 9 heteroatoms. The van der Waals surface area contributed by atoms with Crippen molar-refractivity contribution in [2.24, 2.45) is 0 Å². The fourth-order valence-corrected chi connectivity index (χ4v) is 4.22. The maximum atomic E-state index is 12.3. The van der Waals surface area contributed by atoms with E-state index in [1.54, 1.807) is 0 Å².